The number of carbonyl (C=O) groups is 1. The summed E-state index contributed by atoms with van der Waals surface area (Å²) in [6.45, 7) is 1.86. The van der Waals surface area contributed by atoms with E-state index in [1.54, 1.807) is 12.1 Å². The molecular formula is C15H17FO2S. The quantitative estimate of drug-likeness (QED) is 0.780. The van der Waals surface area contributed by atoms with Crippen molar-refractivity contribution in [3.63, 3.8) is 0 Å². The van der Waals surface area contributed by atoms with Gasteiger partial charge in [0.2, 0.25) is 0 Å². The molecule has 2 saturated heterocycles. The van der Waals surface area contributed by atoms with Gasteiger partial charge in [-0.25, -0.2) is 4.39 Å². The van der Waals surface area contributed by atoms with Gasteiger partial charge in [-0.1, -0.05) is 11.6 Å². The Labute approximate surface area is 114 Å². The van der Waals surface area contributed by atoms with Crippen LogP contribution >= 0.6 is 0 Å². The van der Waals surface area contributed by atoms with Gasteiger partial charge in [-0.2, -0.15) is 0 Å². The summed E-state index contributed by atoms with van der Waals surface area (Å²) in [6, 6.07) is 4.66. The molecule has 19 heavy (non-hydrogen) atoms. The average Bonchev–Trinajstić information content (AvgIpc) is 2.64. The van der Waals surface area contributed by atoms with Crippen molar-refractivity contribution in [2.75, 3.05) is 0 Å². The fourth-order valence-electron chi connectivity index (χ4n) is 3.29. The topological polar surface area (TPSA) is 34.1 Å². The number of Topliss-reactive ketones (excluding diaryl/α,β-unsaturated/α-hetero) is 1. The first-order valence-corrected chi connectivity index (χ1v) is 8.03. The maximum Gasteiger partial charge on any atom is 0.168 e. The standard InChI is InChI=1S/C15H17FO2S/c1-9-2-5-14(16)13(6-9)15(17)10-7-11-3-4-12(8-10)19(11)18/h2,5-6,10-12H,3-4,7-8H2,1H3. The molecule has 0 N–H and O–H groups in total. The summed E-state index contributed by atoms with van der Waals surface area (Å²) >= 11 is 0. The van der Waals surface area contributed by atoms with E-state index in [0.717, 1.165) is 18.4 Å². The van der Waals surface area contributed by atoms with Crippen LogP contribution in [-0.4, -0.2) is 20.5 Å². The van der Waals surface area contributed by atoms with E-state index in [2.05, 4.69) is 0 Å². The fourth-order valence-corrected chi connectivity index (χ4v) is 5.42. The zero-order valence-corrected chi connectivity index (χ0v) is 11.7. The highest BCUT2D eigenvalue weighted by Crippen LogP contribution is 2.40. The molecule has 2 atom stereocenters. The van der Waals surface area contributed by atoms with E-state index in [4.69, 9.17) is 0 Å². The molecule has 0 aliphatic carbocycles. The number of halogens is 1. The van der Waals surface area contributed by atoms with Crippen LogP contribution in [0.2, 0.25) is 0 Å². The van der Waals surface area contributed by atoms with Crippen LogP contribution in [0.5, 0.6) is 0 Å². The summed E-state index contributed by atoms with van der Waals surface area (Å²) in [6.07, 6.45) is 3.24. The van der Waals surface area contributed by atoms with Gasteiger partial charge < -0.3 is 0 Å². The normalized spacial score (nSPS) is 33.4. The van der Waals surface area contributed by atoms with Crippen molar-refractivity contribution in [3.8, 4) is 0 Å². The van der Waals surface area contributed by atoms with Crippen molar-refractivity contribution in [2.24, 2.45) is 5.92 Å². The second kappa shape index (κ2) is 4.82. The van der Waals surface area contributed by atoms with Gasteiger partial charge in [-0.15, -0.1) is 0 Å². The van der Waals surface area contributed by atoms with Crippen LogP contribution in [0.25, 0.3) is 0 Å². The van der Waals surface area contributed by atoms with Crippen molar-refractivity contribution < 1.29 is 13.4 Å². The number of aryl methyl sites for hydroxylation is 1. The van der Waals surface area contributed by atoms with Gasteiger partial charge in [0.15, 0.2) is 5.78 Å². The molecule has 1 aromatic rings. The number of rotatable bonds is 2. The van der Waals surface area contributed by atoms with Crippen LogP contribution in [0.3, 0.4) is 0 Å². The Hall–Kier alpha value is -1.03. The zero-order valence-electron chi connectivity index (χ0n) is 10.9. The smallest absolute Gasteiger partial charge is 0.168 e. The maximum absolute atomic E-state index is 13.8. The molecule has 2 aliphatic heterocycles. The first-order chi connectivity index (χ1) is 9.06. The molecular weight excluding hydrogens is 263 g/mol. The Balaban J connectivity index is 1.85. The molecule has 2 aliphatic rings. The minimum Gasteiger partial charge on any atom is -0.294 e. The lowest BCUT2D eigenvalue weighted by atomic mass is 9.89. The molecule has 2 heterocycles. The summed E-state index contributed by atoms with van der Waals surface area (Å²) in [4.78, 5) is 12.5. The highest BCUT2D eigenvalue weighted by molar-refractivity contribution is 7.86. The molecule has 0 amide bonds. The van der Waals surface area contributed by atoms with Crippen LogP contribution in [0.4, 0.5) is 4.39 Å². The Bertz CT molecular complexity index is 539. The van der Waals surface area contributed by atoms with Crippen molar-refractivity contribution in [3.05, 3.63) is 35.1 Å². The van der Waals surface area contributed by atoms with Crippen LogP contribution < -0.4 is 0 Å². The van der Waals surface area contributed by atoms with E-state index in [1.165, 1.54) is 6.07 Å². The predicted octanol–water partition coefficient (Wildman–Crippen LogP) is 3.01. The van der Waals surface area contributed by atoms with Gasteiger partial charge in [0.25, 0.3) is 0 Å². The van der Waals surface area contributed by atoms with Gasteiger partial charge in [0, 0.05) is 27.2 Å². The van der Waals surface area contributed by atoms with Gasteiger partial charge in [-0.3, -0.25) is 9.00 Å². The number of ketones is 1. The van der Waals surface area contributed by atoms with Gasteiger partial charge in [0.1, 0.15) is 5.82 Å². The van der Waals surface area contributed by atoms with Crippen molar-refractivity contribution in [1.82, 2.24) is 0 Å². The van der Waals surface area contributed by atoms with Crippen LogP contribution in [0.15, 0.2) is 18.2 Å². The zero-order chi connectivity index (χ0) is 13.6. The van der Waals surface area contributed by atoms with E-state index in [9.17, 15) is 13.4 Å². The third-order valence-electron chi connectivity index (χ3n) is 4.32. The largest absolute Gasteiger partial charge is 0.294 e. The molecule has 4 heteroatoms. The number of hydrogen-bond acceptors (Lipinski definition) is 2. The number of carbonyl (C=O) groups excluding carboxylic acids is 1. The minimum atomic E-state index is -0.768. The molecule has 2 unspecified atom stereocenters. The molecule has 0 saturated carbocycles. The summed E-state index contributed by atoms with van der Waals surface area (Å²) < 4.78 is 25.7. The van der Waals surface area contributed by atoms with E-state index in [1.807, 2.05) is 6.92 Å². The molecule has 3 rings (SSSR count). The SMILES string of the molecule is Cc1ccc(F)c(C(=O)C2CC3CCC(C2)S3=O)c1. The summed E-state index contributed by atoms with van der Waals surface area (Å²) in [5.74, 6) is -0.684. The Kier molecular flexibility index (Phi) is 3.29. The summed E-state index contributed by atoms with van der Waals surface area (Å²) in [7, 11) is -0.768. The van der Waals surface area contributed by atoms with Crippen LogP contribution in [-0.2, 0) is 10.8 Å². The third-order valence-corrected chi connectivity index (χ3v) is 6.49. The van der Waals surface area contributed by atoms with Crippen LogP contribution in [0, 0.1) is 18.7 Å². The molecule has 0 radical (unpaired) electrons. The summed E-state index contributed by atoms with van der Waals surface area (Å²) in [5, 5.41) is 0.307. The Morgan fingerprint density at radius 2 is 1.89 bits per heavy atom. The molecule has 2 bridgehead atoms. The van der Waals surface area contributed by atoms with Gasteiger partial charge >= 0.3 is 0 Å². The lowest BCUT2D eigenvalue weighted by Crippen LogP contribution is -2.32. The van der Waals surface area contributed by atoms with Crippen molar-refractivity contribution in [1.29, 1.82) is 0 Å². The van der Waals surface area contributed by atoms with Crippen molar-refractivity contribution >= 4 is 16.6 Å². The van der Waals surface area contributed by atoms with Gasteiger partial charge in [-0.05, 0) is 44.7 Å². The molecule has 2 fully saturated rings. The monoisotopic (exact) mass is 280 g/mol. The second-order valence-corrected chi connectivity index (χ2v) is 7.66. The van der Waals surface area contributed by atoms with E-state index < -0.39 is 16.6 Å². The summed E-state index contributed by atoms with van der Waals surface area (Å²) in [5.41, 5.74) is 1.10. The lowest BCUT2D eigenvalue weighted by Gasteiger charge is -2.26. The number of fused-ring (bicyclic) bond motifs is 2. The highest BCUT2D eigenvalue weighted by Gasteiger charge is 2.43. The first kappa shape index (κ1) is 13.0. The van der Waals surface area contributed by atoms with Gasteiger partial charge in [0.05, 0.1) is 5.56 Å². The lowest BCUT2D eigenvalue weighted by molar-refractivity contribution is 0.0902. The van der Waals surface area contributed by atoms with E-state index >= 15 is 0 Å². The number of hydrogen-bond donors (Lipinski definition) is 0. The first-order valence-electron chi connectivity index (χ1n) is 6.76. The molecule has 2 nitrogen and oxygen atoms in total. The molecule has 102 valence electrons. The van der Waals surface area contributed by atoms with Crippen LogP contribution in [0.1, 0.15) is 41.6 Å². The fraction of sp³-hybridized carbons (Fsp3) is 0.533. The average molecular weight is 280 g/mol. The second-order valence-electron chi connectivity index (χ2n) is 5.67. The molecule has 0 aromatic heterocycles. The van der Waals surface area contributed by atoms with E-state index in [0.29, 0.717) is 12.8 Å². The molecule has 1 aromatic carbocycles. The highest BCUT2D eigenvalue weighted by atomic mass is 32.2. The van der Waals surface area contributed by atoms with Crippen molar-refractivity contribution in [2.45, 2.75) is 43.1 Å². The predicted molar refractivity (Wildman–Crippen MR) is 73.1 cm³/mol. The Morgan fingerprint density at radius 3 is 2.53 bits per heavy atom. The number of benzene rings is 1. The molecule has 0 spiro atoms. The maximum atomic E-state index is 13.8. The minimum absolute atomic E-state index is 0.102. The van der Waals surface area contributed by atoms with E-state index in [-0.39, 0.29) is 27.8 Å². The Morgan fingerprint density at radius 1 is 1.26 bits per heavy atom. The third kappa shape index (κ3) is 2.27.